The number of nitrogens with one attached hydrogen (secondary N) is 1. The molecule has 2 N–H and O–H groups in total. The van der Waals surface area contributed by atoms with Crippen molar-refractivity contribution in [2.75, 3.05) is 13.7 Å². The highest BCUT2D eigenvalue weighted by Gasteiger charge is 2.26. The Kier molecular flexibility index (Phi) is 4.90. The molecule has 112 valence electrons. The Balaban J connectivity index is 2.10. The summed E-state index contributed by atoms with van der Waals surface area (Å²) in [7, 11) is -2.24. The van der Waals surface area contributed by atoms with E-state index in [-0.39, 0.29) is 22.7 Å². The molecule has 0 radical (unpaired) electrons. The van der Waals surface area contributed by atoms with Gasteiger partial charge in [0.1, 0.15) is 10.6 Å². The van der Waals surface area contributed by atoms with Gasteiger partial charge in [0, 0.05) is 17.6 Å². The number of ether oxygens (including phenoxy) is 1. The molecule has 1 aliphatic rings. The summed E-state index contributed by atoms with van der Waals surface area (Å²) in [6.45, 7) is 0.325. The fourth-order valence-corrected chi connectivity index (χ4v) is 3.83. The quantitative estimate of drug-likeness (QED) is 0.867. The molecule has 0 aliphatic heterocycles. The van der Waals surface area contributed by atoms with Gasteiger partial charge in [0.2, 0.25) is 10.0 Å². The second kappa shape index (κ2) is 6.30. The Hall–Kier alpha value is -0.820. The molecule has 1 aromatic rings. The fraction of sp³-hybridized carbons (Fsp3) is 0.538. The molecule has 1 aliphatic carbocycles. The van der Waals surface area contributed by atoms with Crippen molar-refractivity contribution in [2.24, 2.45) is 5.92 Å². The van der Waals surface area contributed by atoms with E-state index in [0.717, 1.165) is 12.8 Å². The number of hydrogen-bond donors (Lipinski definition) is 2. The van der Waals surface area contributed by atoms with Crippen LogP contribution < -0.4 is 9.46 Å². The van der Waals surface area contributed by atoms with Crippen LogP contribution in [-0.4, -0.2) is 33.3 Å². The van der Waals surface area contributed by atoms with Gasteiger partial charge in [-0.1, -0.05) is 11.6 Å². The predicted molar refractivity (Wildman–Crippen MR) is 76.5 cm³/mol. The largest absolute Gasteiger partial charge is 0.495 e. The monoisotopic (exact) mass is 319 g/mol. The zero-order valence-electron chi connectivity index (χ0n) is 11.2. The van der Waals surface area contributed by atoms with Gasteiger partial charge in [-0.05, 0) is 37.3 Å². The van der Waals surface area contributed by atoms with E-state index in [9.17, 15) is 13.5 Å². The maximum Gasteiger partial charge on any atom is 0.244 e. The van der Waals surface area contributed by atoms with Crippen LogP contribution in [0.25, 0.3) is 0 Å². The Morgan fingerprint density at radius 2 is 2.20 bits per heavy atom. The van der Waals surface area contributed by atoms with Gasteiger partial charge in [-0.3, -0.25) is 0 Å². The van der Waals surface area contributed by atoms with Crippen molar-refractivity contribution in [3.8, 4) is 5.75 Å². The van der Waals surface area contributed by atoms with E-state index in [1.807, 2.05) is 0 Å². The summed E-state index contributed by atoms with van der Waals surface area (Å²) >= 11 is 5.82. The normalized spacial score (nSPS) is 22.9. The first-order valence-corrected chi connectivity index (χ1v) is 8.30. The van der Waals surface area contributed by atoms with Gasteiger partial charge in [0.05, 0.1) is 13.2 Å². The van der Waals surface area contributed by atoms with Gasteiger partial charge in [0.15, 0.2) is 0 Å². The third kappa shape index (κ3) is 3.63. The van der Waals surface area contributed by atoms with Gasteiger partial charge < -0.3 is 9.84 Å². The van der Waals surface area contributed by atoms with E-state index in [4.69, 9.17) is 16.3 Å². The van der Waals surface area contributed by atoms with E-state index >= 15 is 0 Å². The maximum absolute atomic E-state index is 12.3. The van der Waals surface area contributed by atoms with Crippen molar-refractivity contribution in [3.63, 3.8) is 0 Å². The summed E-state index contributed by atoms with van der Waals surface area (Å²) in [4.78, 5) is 0.0722. The first-order chi connectivity index (χ1) is 9.42. The summed E-state index contributed by atoms with van der Waals surface area (Å²) < 4.78 is 32.2. The molecule has 0 aromatic heterocycles. The average Bonchev–Trinajstić information content (AvgIpc) is 2.82. The van der Waals surface area contributed by atoms with E-state index in [2.05, 4.69) is 4.72 Å². The number of methoxy groups -OCH3 is 1. The van der Waals surface area contributed by atoms with Crippen molar-refractivity contribution in [1.29, 1.82) is 0 Å². The van der Waals surface area contributed by atoms with Crippen LogP contribution in [0.2, 0.25) is 5.02 Å². The highest BCUT2D eigenvalue weighted by Crippen LogP contribution is 2.28. The SMILES string of the molecule is COc1cc(Cl)ccc1S(=O)(=O)NCC1CCC(O)C1. The molecule has 0 heterocycles. The molecule has 5 nitrogen and oxygen atoms in total. The van der Waals surface area contributed by atoms with Crippen molar-refractivity contribution in [2.45, 2.75) is 30.3 Å². The van der Waals surface area contributed by atoms with E-state index in [1.54, 1.807) is 0 Å². The highest BCUT2D eigenvalue weighted by atomic mass is 35.5. The lowest BCUT2D eigenvalue weighted by Crippen LogP contribution is -2.29. The van der Waals surface area contributed by atoms with Crippen molar-refractivity contribution in [3.05, 3.63) is 23.2 Å². The molecule has 0 spiro atoms. The molecule has 0 saturated heterocycles. The summed E-state index contributed by atoms with van der Waals surface area (Å²) in [6.07, 6.45) is 1.90. The molecule has 0 bridgehead atoms. The van der Waals surface area contributed by atoms with Crippen LogP contribution in [0.5, 0.6) is 5.75 Å². The molecule has 1 saturated carbocycles. The van der Waals surface area contributed by atoms with Crippen LogP contribution in [0.1, 0.15) is 19.3 Å². The maximum atomic E-state index is 12.3. The molecule has 0 amide bonds. The Bertz CT molecular complexity index is 576. The first kappa shape index (κ1) is 15.6. The summed E-state index contributed by atoms with van der Waals surface area (Å²) in [6, 6.07) is 4.40. The lowest BCUT2D eigenvalue weighted by atomic mass is 10.1. The lowest BCUT2D eigenvalue weighted by molar-refractivity contribution is 0.178. The number of aliphatic hydroxyl groups excluding tert-OH is 1. The van der Waals surface area contributed by atoms with Crippen LogP contribution >= 0.6 is 11.6 Å². The smallest absolute Gasteiger partial charge is 0.244 e. The molecule has 1 aromatic carbocycles. The average molecular weight is 320 g/mol. The van der Waals surface area contributed by atoms with Crippen molar-refractivity contribution >= 4 is 21.6 Å². The van der Waals surface area contributed by atoms with Gasteiger partial charge in [-0.15, -0.1) is 0 Å². The van der Waals surface area contributed by atoms with Crippen LogP contribution in [-0.2, 0) is 10.0 Å². The zero-order valence-corrected chi connectivity index (χ0v) is 12.7. The number of hydrogen-bond acceptors (Lipinski definition) is 4. The van der Waals surface area contributed by atoms with Crippen LogP contribution in [0, 0.1) is 5.92 Å². The second-order valence-electron chi connectivity index (χ2n) is 4.98. The van der Waals surface area contributed by atoms with Gasteiger partial charge in [0.25, 0.3) is 0 Å². The molecule has 7 heteroatoms. The number of aliphatic hydroxyl groups is 1. The van der Waals surface area contributed by atoms with Gasteiger partial charge in [-0.25, -0.2) is 13.1 Å². The number of halogens is 1. The predicted octanol–water partition coefficient (Wildman–Crippen LogP) is 1.79. The number of benzene rings is 1. The standard InChI is InChI=1S/C13H18ClNO4S/c1-19-12-7-10(14)3-5-13(12)20(17,18)15-8-9-2-4-11(16)6-9/h3,5,7,9,11,15-16H,2,4,6,8H2,1H3. The van der Waals surface area contributed by atoms with Crippen molar-refractivity contribution < 1.29 is 18.3 Å². The third-order valence-corrected chi connectivity index (χ3v) is 5.19. The molecule has 1 fully saturated rings. The van der Waals surface area contributed by atoms with Crippen molar-refractivity contribution in [1.82, 2.24) is 4.72 Å². The highest BCUT2D eigenvalue weighted by molar-refractivity contribution is 7.89. The van der Waals surface area contributed by atoms with Crippen LogP contribution in [0.3, 0.4) is 0 Å². The first-order valence-electron chi connectivity index (χ1n) is 6.43. The minimum Gasteiger partial charge on any atom is -0.495 e. The molecule has 2 atom stereocenters. The fourth-order valence-electron chi connectivity index (χ4n) is 2.40. The molecular weight excluding hydrogens is 302 g/mol. The van der Waals surface area contributed by atoms with Crippen LogP contribution in [0.15, 0.2) is 23.1 Å². The molecule has 20 heavy (non-hydrogen) atoms. The molecule has 2 rings (SSSR count). The zero-order chi connectivity index (χ0) is 14.8. The summed E-state index contributed by atoms with van der Waals surface area (Å²) in [5.41, 5.74) is 0. The molecule has 2 unspecified atom stereocenters. The number of rotatable bonds is 5. The summed E-state index contributed by atoms with van der Waals surface area (Å²) in [5, 5.41) is 9.86. The Morgan fingerprint density at radius 3 is 2.80 bits per heavy atom. The van der Waals surface area contributed by atoms with Crippen LogP contribution in [0.4, 0.5) is 0 Å². The topological polar surface area (TPSA) is 75.6 Å². The second-order valence-corrected chi connectivity index (χ2v) is 7.15. The number of sulfonamides is 1. The Labute approximate surface area is 124 Å². The van der Waals surface area contributed by atoms with E-state index in [1.165, 1.54) is 25.3 Å². The van der Waals surface area contributed by atoms with Gasteiger partial charge in [-0.2, -0.15) is 0 Å². The third-order valence-electron chi connectivity index (χ3n) is 3.49. The Morgan fingerprint density at radius 1 is 1.45 bits per heavy atom. The van der Waals surface area contributed by atoms with E-state index in [0.29, 0.717) is 18.0 Å². The minimum absolute atomic E-state index is 0.0722. The van der Waals surface area contributed by atoms with E-state index < -0.39 is 10.0 Å². The molecular formula is C13H18ClNO4S. The van der Waals surface area contributed by atoms with Gasteiger partial charge >= 0.3 is 0 Å². The minimum atomic E-state index is -3.64. The lowest BCUT2D eigenvalue weighted by Gasteiger charge is -2.13. The summed E-state index contributed by atoms with van der Waals surface area (Å²) in [5.74, 6) is 0.398.